The molecule has 7 heteroatoms. The zero-order chi connectivity index (χ0) is 21.8. The lowest BCUT2D eigenvalue weighted by Crippen LogP contribution is -2.12. The van der Waals surface area contributed by atoms with Crippen LogP contribution in [0.4, 0.5) is 0 Å². The van der Waals surface area contributed by atoms with E-state index in [-0.39, 0.29) is 5.97 Å². The summed E-state index contributed by atoms with van der Waals surface area (Å²) in [6.07, 6.45) is 1.77. The van der Waals surface area contributed by atoms with Gasteiger partial charge in [-0.15, -0.1) is 0 Å². The Labute approximate surface area is 190 Å². The van der Waals surface area contributed by atoms with Crippen molar-refractivity contribution in [2.45, 2.75) is 20.0 Å². The molecule has 0 atom stereocenters. The van der Waals surface area contributed by atoms with Crippen LogP contribution in [0.2, 0.25) is 10.0 Å². The second-order valence-electron chi connectivity index (χ2n) is 7.06. The number of ether oxygens (including phenoxy) is 1. The summed E-state index contributed by atoms with van der Waals surface area (Å²) in [5, 5.41) is 4.54. The molecule has 0 aliphatic rings. The van der Waals surface area contributed by atoms with Gasteiger partial charge in [-0.2, -0.15) is 0 Å². The van der Waals surface area contributed by atoms with Gasteiger partial charge < -0.3 is 10.1 Å². The summed E-state index contributed by atoms with van der Waals surface area (Å²) in [4.78, 5) is 16.4. The minimum Gasteiger partial charge on any atom is -0.462 e. The Bertz CT molecular complexity index is 1240. The molecule has 0 fully saturated rings. The fourth-order valence-electron chi connectivity index (χ4n) is 3.38. The van der Waals surface area contributed by atoms with Gasteiger partial charge in [0.1, 0.15) is 6.33 Å². The molecule has 0 saturated heterocycles. The van der Waals surface area contributed by atoms with Crippen LogP contribution in [0.3, 0.4) is 0 Å². The average Bonchev–Trinajstić information content (AvgIpc) is 3.20. The van der Waals surface area contributed by atoms with Gasteiger partial charge in [-0.05, 0) is 60.5 Å². The van der Waals surface area contributed by atoms with E-state index in [9.17, 15) is 4.79 Å². The molecule has 1 heterocycles. The molecule has 5 nitrogen and oxygen atoms in total. The van der Waals surface area contributed by atoms with Crippen molar-refractivity contribution in [3.8, 4) is 5.69 Å². The molecule has 0 saturated carbocycles. The Morgan fingerprint density at radius 3 is 2.58 bits per heavy atom. The van der Waals surface area contributed by atoms with Crippen molar-refractivity contribution in [1.29, 1.82) is 0 Å². The van der Waals surface area contributed by atoms with Crippen LogP contribution >= 0.6 is 23.2 Å². The normalized spacial score (nSPS) is 11.1. The second kappa shape index (κ2) is 9.52. The highest BCUT2D eigenvalue weighted by molar-refractivity contribution is 6.42. The molecule has 1 N–H and O–H groups in total. The molecule has 0 aliphatic carbocycles. The number of hydrogen-bond donors (Lipinski definition) is 1. The Morgan fingerprint density at radius 1 is 1.00 bits per heavy atom. The molecule has 0 aliphatic heterocycles. The van der Waals surface area contributed by atoms with Crippen LogP contribution in [0.25, 0.3) is 16.7 Å². The van der Waals surface area contributed by atoms with Crippen molar-refractivity contribution in [3.63, 3.8) is 0 Å². The smallest absolute Gasteiger partial charge is 0.338 e. The first-order valence-corrected chi connectivity index (χ1v) is 10.7. The van der Waals surface area contributed by atoms with Crippen molar-refractivity contribution in [1.82, 2.24) is 14.9 Å². The third-order valence-electron chi connectivity index (χ3n) is 4.89. The van der Waals surface area contributed by atoms with Crippen LogP contribution in [0.15, 0.2) is 67.0 Å². The van der Waals surface area contributed by atoms with E-state index in [2.05, 4.69) is 22.4 Å². The van der Waals surface area contributed by atoms with Crippen LogP contribution in [0.1, 0.15) is 28.4 Å². The zero-order valence-corrected chi connectivity index (χ0v) is 18.5. The number of imidazole rings is 1. The van der Waals surface area contributed by atoms with Gasteiger partial charge in [0.25, 0.3) is 0 Å². The first-order valence-electron chi connectivity index (χ1n) is 9.93. The van der Waals surface area contributed by atoms with Gasteiger partial charge in [-0.1, -0.05) is 41.4 Å². The van der Waals surface area contributed by atoms with Gasteiger partial charge in [0.2, 0.25) is 0 Å². The summed E-state index contributed by atoms with van der Waals surface area (Å²) in [7, 11) is 0. The predicted octanol–water partition coefficient (Wildman–Crippen LogP) is 5.80. The van der Waals surface area contributed by atoms with E-state index in [1.807, 2.05) is 34.9 Å². The first-order chi connectivity index (χ1) is 15.0. The molecule has 158 valence electrons. The molecule has 31 heavy (non-hydrogen) atoms. The number of halogens is 2. The number of rotatable bonds is 7. The Kier molecular flexibility index (Phi) is 6.56. The number of fused-ring (bicyclic) bond motifs is 1. The van der Waals surface area contributed by atoms with Gasteiger partial charge in [0.05, 0.1) is 33.2 Å². The summed E-state index contributed by atoms with van der Waals surface area (Å²) in [5.41, 5.74) is 5.38. The van der Waals surface area contributed by atoms with Crippen LogP contribution in [-0.4, -0.2) is 22.1 Å². The van der Waals surface area contributed by atoms with E-state index in [0.717, 1.165) is 27.8 Å². The maximum Gasteiger partial charge on any atom is 0.338 e. The van der Waals surface area contributed by atoms with E-state index < -0.39 is 0 Å². The topological polar surface area (TPSA) is 56.1 Å². The number of nitrogens with zero attached hydrogens (tertiary/aromatic N) is 2. The molecule has 0 radical (unpaired) electrons. The summed E-state index contributed by atoms with van der Waals surface area (Å²) in [6.45, 7) is 3.52. The van der Waals surface area contributed by atoms with Gasteiger partial charge in [-0.25, -0.2) is 9.78 Å². The quantitative estimate of drug-likeness (QED) is 0.359. The molecule has 3 aromatic carbocycles. The van der Waals surface area contributed by atoms with E-state index in [1.54, 1.807) is 31.5 Å². The van der Waals surface area contributed by atoms with Gasteiger partial charge >= 0.3 is 5.97 Å². The predicted molar refractivity (Wildman–Crippen MR) is 124 cm³/mol. The lowest BCUT2D eigenvalue weighted by molar-refractivity contribution is 0.0526. The van der Waals surface area contributed by atoms with Crippen molar-refractivity contribution < 1.29 is 9.53 Å². The summed E-state index contributed by atoms with van der Waals surface area (Å²) >= 11 is 12.1. The first kappa shape index (κ1) is 21.4. The minimum atomic E-state index is -0.339. The number of benzene rings is 3. The molecular formula is C24H21Cl2N3O2. The third-order valence-corrected chi connectivity index (χ3v) is 5.63. The monoisotopic (exact) mass is 453 g/mol. The summed E-state index contributed by atoms with van der Waals surface area (Å²) in [5.74, 6) is -0.339. The largest absolute Gasteiger partial charge is 0.462 e. The highest BCUT2D eigenvalue weighted by atomic mass is 35.5. The van der Waals surface area contributed by atoms with Crippen LogP contribution < -0.4 is 5.32 Å². The van der Waals surface area contributed by atoms with Crippen molar-refractivity contribution in [2.75, 3.05) is 6.61 Å². The third kappa shape index (κ3) is 4.90. The molecule has 4 aromatic rings. The average molecular weight is 454 g/mol. The highest BCUT2D eigenvalue weighted by Crippen LogP contribution is 2.23. The Morgan fingerprint density at radius 2 is 1.81 bits per heavy atom. The number of hydrogen-bond acceptors (Lipinski definition) is 4. The van der Waals surface area contributed by atoms with Crippen molar-refractivity contribution in [3.05, 3.63) is 93.7 Å². The van der Waals surface area contributed by atoms with E-state index >= 15 is 0 Å². The maximum atomic E-state index is 12.0. The molecule has 0 amide bonds. The number of esters is 1. The zero-order valence-electron chi connectivity index (χ0n) is 16.9. The molecule has 0 unspecified atom stereocenters. The van der Waals surface area contributed by atoms with Crippen LogP contribution in [0, 0.1) is 0 Å². The lowest BCUT2D eigenvalue weighted by atomic mass is 10.1. The number of carbonyl (C=O) groups is 1. The Hall–Kier alpha value is -2.86. The number of nitrogens with one attached hydrogen (secondary N) is 1. The van der Waals surface area contributed by atoms with E-state index in [4.69, 9.17) is 27.9 Å². The van der Waals surface area contributed by atoms with Crippen LogP contribution in [-0.2, 0) is 17.8 Å². The van der Waals surface area contributed by atoms with Crippen molar-refractivity contribution in [2.24, 2.45) is 0 Å². The van der Waals surface area contributed by atoms with Crippen LogP contribution in [0.5, 0.6) is 0 Å². The maximum absolute atomic E-state index is 12.0. The van der Waals surface area contributed by atoms with Gasteiger partial charge in [-0.3, -0.25) is 4.57 Å². The minimum absolute atomic E-state index is 0.339. The molecule has 1 aromatic heterocycles. The van der Waals surface area contributed by atoms with E-state index in [1.165, 1.54) is 0 Å². The van der Waals surface area contributed by atoms with Gasteiger partial charge in [0, 0.05) is 18.8 Å². The lowest BCUT2D eigenvalue weighted by Gasteiger charge is -2.09. The summed E-state index contributed by atoms with van der Waals surface area (Å²) < 4.78 is 7.08. The second-order valence-corrected chi connectivity index (χ2v) is 7.87. The van der Waals surface area contributed by atoms with Gasteiger partial charge in [0.15, 0.2) is 0 Å². The molecule has 0 bridgehead atoms. The fourth-order valence-corrected chi connectivity index (χ4v) is 3.70. The number of aromatic nitrogens is 2. The highest BCUT2D eigenvalue weighted by Gasteiger charge is 2.11. The fraction of sp³-hybridized carbons (Fsp3) is 0.167. The Balaban J connectivity index is 1.49. The molecular weight excluding hydrogens is 433 g/mol. The standard InChI is InChI=1S/C24H21Cl2N3O2/c1-2-31-24(30)18-7-9-23-22(12-18)28-15-29(23)19-5-3-4-16(10-19)13-27-14-17-6-8-20(25)21(26)11-17/h3-12,15,27H,2,13-14H2,1H3. The number of carbonyl (C=O) groups excluding carboxylic acids is 1. The van der Waals surface area contributed by atoms with Crippen molar-refractivity contribution >= 4 is 40.2 Å². The van der Waals surface area contributed by atoms with E-state index in [0.29, 0.717) is 35.3 Å². The SMILES string of the molecule is CCOC(=O)c1ccc2c(c1)ncn2-c1cccc(CNCc2ccc(Cl)c(Cl)c2)c1. The molecule has 4 rings (SSSR count). The summed E-state index contributed by atoms with van der Waals surface area (Å²) in [6, 6.07) is 19.3. The molecule has 0 spiro atoms.